The Morgan fingerprint density at radius 2 is 1.73 bits per heavy atom. The molecule has 0 bridgehead atoms. The van der Waals surface area contributed by atoms with E-state index in [1.165, 1.54) is 0 Å². The van der Waals surface area contributed by atoms with Crippen LogP contribution >= 0.6 is 0 Å². The Bertz CT molecular complexity index is 637. The molecule has 1 atom stereocenters. The highest BCUT2D eigenvalue weighted by Crippen LogP contribution is 2.20. The molecule has 0 saturated carbocycles. The van der Waals surface area contributed by atoms with Crippen molar-refractivity contribution in [3.8, 4) is 5.75 Å². The molecule has 1 amide bonds. The van der Waals surface area contributed by atoms with Crippen molar-refractivity contribution in [3.63, 3.8) is 0 Å². The second-order valence-corrected chi connectivity index (χ2v) is 7.89. The minimum atomic E-state index is -0.0598. The van der Waals surface area contributed by atoms with Crippen LogP contribution in [0.15, 0.2) is 24.3 Å². The minimum absolute atomic E-state index is 0.0167. The maximum Gasteiger partial charge on any atom is 0.220 e. The number of carbonyl (C=O) groups is 2. The predicted octanol–water partition coefficient (Wildman–Crippen LogP) is 3.69. The minimum Gasteiger partial charge on any atom is -0.494 e. The SMILES string of the molecule is CCCOc1ccc(C(=O)CCC(=O)NCC(C(CC)CC)N2CCOCC2)cc1. The topological polar surface area (TPSA) is 67.9 Å². The van der Waals surface area contributed by atoms with Crippen LogP contribution < -0.4 is 10.1 Å². The first-order chi connectivity index (χ1) is 14.6. The molecule has 2 rings (SSSR count). The number of ketones is 1. The fraction of sp³-hybridized carbons (Fsp3) is 0.667. The van der Waals surface area contributed by atoms with E-state index in [0.717, 1.165) is 51.3 Å². The van der Waals surface area contributed by atoms with E-state index in [4.69, 9.17) is 9.47 Å². The number of hydrogen-bond donors (Lipinski definition) is 1. The van der Waals surface area contributed by atoms with Crippen LogP contribution in [-0.4, -0.2) is 62.1 Å². The van der Waals surface area contributed by atoms with Gasteiger partial charge in [-0.1, -0.05) is 33.6 Å². The van der Waals surface area contributed by atoms with Gasteiger partial charge in [-0.25, -0.2) is 0 Å². The van der Waals surface area contributed by atoms with E-state index in [0.29, 0.717) is 30.7 Å². The second kappa shape index (κ2) is 13.4. The number of amides is 1. The summed E-state index contributed by atoms with van der Waals surface area (Å²) in [6.07, 6.45) is 3.55. The van der Waals surface area contributed by atoms with Crippen molar-refractivity contribution < 1.29 is 19.1 Å². The summed E-state index contributed by atoms with van der Waals surface area (Å²) in [4.78, 5) is 27.3. The summed E-state index contributed by atoms with van der Waals surface area (Å²) in [5.41, 5.74) is 0.620. The molecule has 1 saturated heterocycles. The molecule has 6 heteroatoms. The zero-order valence-electron chi connectivity index (χ0n) is 18.8. The summed E-state index contributed by atoms with van der Waals surface area (Å²) in [6, 6.07) is 7.48. The summed E-state index contributed by atoms with van der Waals surface area (Å²) in [5, 5.41) is 3.07. The number of hydrogen-bond acceptors (Lipinski definition) is 5. The van der Waals surface area contributed by atoms with Gasteiger partial charge >= 0.3 is 0 Å². The Kier molecular flexibility index (Phi) is 10.9. The molecule has 1 heterocycles. The molecule has 1 aromatic carbocycles. The van der Waals surface area contributed by atoms with Gasteiger partial charge in [0.05, 0.1) is 19.8 Å². The first-order valence-electron chi connectivity index (χ1n) is 11.4. The number of rotatable bonds is 13. The van der Waals surface area contributed by atoms with E-state index in [1.54, 1.807) is 12.1 Å². The molecular formula is C24H38N2O4. The summed E-state index contributed by atoms with van der Waals surface area (Å²) in [6.45, 7) is 11.1. The average Bonchev–Trinajstić information content (AvgIpc) is 2.79. The number of nitrogens with one attached hydrogen (secondary N) is 1. The highest BCUT2D eigenvalue weighted by molar-refractivity contribution is 5.98. The first-order valence-corrected chi connectivity index (χ1v) is 11.4. The zero-order valence-corrected chi connectivity index (χ0v) is 18.8. The van der Waals surface area contributed by atoms with E-state index in [-0.39, 0.29) is 24.5 Å². The molecule has 30 heavy (non-hydrogen) atoms. The zero-order chi connectivity index (χ0) is 21.8. The molecule has 1 aliphatic heterocycles. The van der Waals surface area contributed by atoms with E-state index >= 15 is 0 Å². The Balaban J connectivity index is 1.81. The quantitative estimate of drug-likeness (QED) is 0.495. The maximum atomic E-state index is 12.4. The number of Topliss-reactive ketones (excluding diaryl/α,β-unsaturated/α-hetero) is 1. The third kappa shape index (κ3) is 7.73. The first kappa shape index (κ1) is 24.4. The second-order valence-electron chi connectivity index (χ2n) is 7.89. The van der Waals surface area contributed by atoms with Gasteiger partial charge in [0.25, 0.3) is 0 Å². The van der Waals surface area contributed by atoms with Crippen molar-refractivity contribution >= 4 is 11.7 Å². The van der Waals surface area contributed by atoms with Gasteiger partial charge in [-0.3, -0.25) is 14.5 Å². The van der Waals surface area contributed by atoms with Crippen molar-refractivity contribution in [2.24, 2.45) is 5.92 Å². The Morgan fingerprint density at radius 3 is 2.33 bits per heavy atom. The fourth-order valence-corrected chi connectivity index (χ4v) is 3.97. The Morgan fingerprint density at radius 1 is 1.07 bits per heavy atom. The number of ether oxygens (including phenoxy) is 2. The van der Waals surface area contributed by atoms with Crippen molar-refractivity contribution in [2.45, 2.75) is 58.9 Å². The number of benzene rings is 1. The van der Waals surface area contributed by atoms with Crippen LogP contribution in [0.5, 0.6) is 5.75 Å². The molecule has 1 aliphatic rings. The molecule has 168 valence electrons. The normalized spacial score (nSPS) is 15.7. The molecule has 0 aromatic heterocycles. The van der Waals surface area contributed by atoms with Gasteiger partial charge in [0, 0.05) is 44.1 Å². The fourth-order valence-electron chi connectivity index (χ4n) is 3.97. The highest BCUT2D eigenvalue weighted by Gasteiger charge is 2.27. The Labute approximate surface area is 181 Å². The molecule has 1 N–H and O–H groups in total. The van der Waals surface area contributed by atoms with E-state index in [1.807, 2.05) is 12.1 Å². The summed E-state index contributed by atoms with van der Waals surface area (Å²) in [5.74, 6) is 1.23. The lowest BCUT2D eigenvalue weighted by Crippen LogP contribution is -2.52. The van der Waals surface area contributed by atoms with Crippen LogP contribution in [0.25, 0.3) is 0 Å². The molecule has 1 aromatic rings. The van der Waals surface area contributed by atoms with Gasteiger partial charge in [-0.05, 0) is 36.6 Å². The van der Waals surface area contributed by atoms with E-state index in [2.05, 4.69) is 31.0 Å². The van der Waals surface area contributed by atoms with Gasteiger partial charge in [-0.2, -0.15) is 0 Å². The average molecular weight is 419 g/mol. The molecule has 0 radical (unpaired) electrons. The van der Waals surface area contributed by atoms with Crippen LogP contribution in [-0.2, 0) is 9.53 Å². The number of nitrogens with zero attached hydrogens (tertiary/aromatic N) is 1. The summed E-state index contributed by atoms with van der Waals surface area (Å²) < 4.78 is 11.0. The maximum absolute atomic E-state index is 12.4. The van der Waals surface area contributed by atoms with Crippen LogP contribution in [0.3, 0.4) is 0 Å². The van der Waals surface area contributed by atoms with Crippen molar-refractivity contribution in [1.29, 1.82) is 0 Å². The van der Waals surface area contributed by atoms with Crippen molar-refractivity contribution in [3.05, 3.63) is 29.8 Å². The standard InChI is InChI=1S/C24H38N2O4/c1-4-15-30-21-9-7-20(8-10-21)23(27)11-12-24(28)25-18-22(19(5-2)6-3)26-13-16-29-17-14-26/h7-10,19,22H,4-6,11-18H2,1-3H3,(H,25,28). The molecule has 1 unspecified atom stereocenters. The van der Waals surface area contributed by atoms with Crippen LogP contribution in [0, 0.1) is 5.92 Å². The molecule has 1 fully saturated rings. The summed E-state index contributed by atoms with van der Waals surface area (Å²) >= 11 is 0. The van der Waals surface area contributed by atoms with Gasteiger partial charge in [0.2, 0.25) is 5.91 Å². The Hall–Kier alpha value is -1.92. The lowest BCUT2D eigenvalue weighted by molar-refractivity contribution is -0.121. The molecule has 6 nitrogen and oxygen atoms in total. The monoisotopic (exact) mass is 418 g/mol. The third-order valence-corrected chi connectivity index (χ3v) is 5.84. The van der Waals surface area contributed by atoms with Crippen LogP contribution in [0.4, 0.5) is 0 Å². The van der Waals surface area contributed by atoms with Gasteiger partial charge in [-0.15, -0.1) is 0 Å². The third-order valence-electron chi connectivity index (χ3n) is 5.84. The number of morpholine rings is 1. The van der Waals surface area contributed by atoms with Crippen LogP contribution in [0.1, 0.15) is 63.2 Å². The van der Waals surface area contributed by atoms with E-state index in [9.17, 15) is 9.59 Å². The van der Waals surface area contributed by atoms with Crippen LogP contribution in [0.2, 0.25) is 0 Å². The van der Waals surface area contributed by atoms with Crippen molar-refractivity contribution in [2.75, 3.05) is 39.5 Å². The van der Waals surface area contributed by atoms with Gasteiger partial charge in [0.15, 0.2) is 5.78 Å². The van der Waals surface area contributed by atoms with E-state index < -0.39 is 0 Å². The lowest BCUT2D eigenvalue weighted by atomic mass is 9.92. The predicted molar refractivity (Wildman–Crippen MR) is 119 cm³/mol. The molecular weight excluding hydrogens is 380 g/mol. The molecule has 0 aliphatic carbocycles. The smallest absolute Gasteiger partial charge is 0.220 e. The van der Waals surface area contributed by atoms with Crippen molar-refractivity contribution in [1.82, 2.24) is 10.2 Å². The summed E-state index contributed by atoms with van der Waals surface area (Å²) in [7, 11) is 0. The number of carbonyl (C=O) groups excluding carboxylic acids is 2. The van der Waals surface area contributed by atoms with Gasteiger partial charge < -0.3 is 14.8 Å². The molecule has 0 spiro atoms. The highest BCUT2D eigenvalue weighted by atomic mass is 16.5. The van der Waals surface area contributed by atoms with Gasteiger partial charge in [0.1, 0.15) is 5.75 Å². The lowest BCUT2D eigenvalue weighted by Gasteiger charge is -2.38. The largest absolute Gasteiger partial charge is 0.494 e.